The van der Waals surface area contributed by atoms with E-state index in [0.29, 0.717) is 22.7 Å². The zero-order valence-electron chi connectivity index (χ0n) is 13.9. The Bertz CT molecular complexity index is 692. The second kappa shape index (κ2) is 7.57. The molecule has 1 amide bonds. The molecule has 2 aromatic rings. The predicted octanol–water partition coefficient (Wildman–Crippen LogP) is 2.68. The van der Waals surface area contributed by atoms with Crippen molar-refractivity contribution < 1.29 is 9.18 Å². The van der Waals surface area contributed by atoms with E-state index in [1.807, 2.05) is 4.90 Å². The number of hydrogen-bond donors (Lipinski definition) is 2. The van der Waals surface area contributed by atoms with Crippen LogP contribution in [0.15, 0.2) is 30.5 Å². The number of carbonyl (C=O) groups excluding carboxylic acids is 1. The Kier molecular flexibility index (Phi) is 5.25. The molecule has 5 nitrogen and oxygen atoms in total. The highest BCUT2D eigenvalue weighted by molar-refractivity contribution is 5.99. The summed E-state index contributed by atoms with van der Waals surface area (Å²) in [6.45, 7) is 5.54. The Labute approximate surface area is 141 Å². The highest BCUT2D eigenvalue weighted by Gasteiger charge is 2.26. The van der Waals surface area contributed by atoms with Crippen LogP contribution in [0, 0.1) is 11.7 Å². The number of carbonyl (C=O) groups is 1. The van der Waals surface area contributed by atoms with E-state index in [4.69, 9.17) is 0 Å². The predicted molar refractivity (Wildman–Crippen MR) is 91.2 cm³/mol. The molecule has 24 heavy (non-hydrogen) atoms. The quantitative estimate of drug-likeness (QED) is 0.886. The number of halogens is 1. The first-order valence-corrected chi connectivity index (χ1v) is 8.49. The zero-order valence-corrected chi connectivity index (χ0v) is 13.9. The molecule has 1 saturated heterocycles. The summed E-state index contributed by atoms with van der Waals surface area (Å²) in [5.74, 6) is 0.174. The molecule has 0 spiro atoms. The molecule has 6 heteroatoms. The minimum absolute atomic E-state index is 0.0797. The highest BCUT2D eigenvalue weighted by Crippen LogP contribution is 2.26. The van der Waals surface area contributed by atoms with Crippen LogP contribution in [0.1, 0.15) is 30.1 Å². The van der Waals surface area contributed by atoms with E-state index in [-0.39, 0.29) is 11.7 Å². The highest BCUT2D eigenvalue weighted by atomic mass is 19.1. The van der Waals surface area contributed by atoms with Gasteiger partial charge in [0.1, 0.15) is 5.82 Å². The van der Waals surface area contributed by atoms with Crippen LogP contribution in [-0.4, -0.2) is 47.2 Å². The van der Waals surface area contributed by atoms with Crippen LogP contribution in [-0.2, 0) is 0 Å². The molecule has 0 saturated carbocycles. The maximum atomic E-state index is 14.0. The van der Waals surface area contributed by atoms with Gasteiger partial charge in [-0.25, -0.2) is 4.39 Å². The van der Waals surface area contributed by atoms with Crippen molar-refractivity contribution in [2.75, 3.05) is 26.2 Å². The van der Waals surface area contributed by atoms with Crippen LogP contribution in [0.3, 0.4) is 0 Å². The molecule has 0 radical (unpaired) electrons. The number of hydrogen-bond acceptors (Lipinski definition) is 3. The van der Waals surface area contributed by atoms with Crippen molar-refractivity contribution in [3.63, 3.8) is 0 Å². The van der Waals surface area contributed by atoms with Crippen molar-refractivity contribution in [2.24, 2.45) is 5.92 Å². The molecule has 0 unspecified atom stereocenters. The summed E-state index contributed by atoms with van der Waals surface area (Å²) in [5.41, 5.74) is 1.26. The fourth-order valence-corrected chi connectivity index (χ4v) is 3.18. The van der Waals surface area contributed by atoms with Gasteiger partial charge in [0.2, 0.25) is 0 Å². The van der Waals surface area contributed by atoms with Gasteiger partial charge < -0.3 is 10.2 Å². The standard InChI is InChI=1S/C18H23FN4O/c1-2-20-11-13-7-9-23(10-8-13)18(24)15-12-21-22-17(15)14-5-3-4-6-16(14)19/h3-6,12-13,20H,2,7-11H2,1H3,(H,21,22). The number of piperidine rings is 1. The second-order valence-corrected chi connectivity index (χ2v) is 6.18. The van der Waals surface area contributed by atoms with Gasteiger partial charge in [0, 0.05) is 18.7 Å². The lowest BCUT2D eigenvalue weighted by Crippen LogP contribution is -2.40. The fraction of sp³-hybridized carbons (Fsp3) is 0.444. The number of amides is 1. The van der Waals surface area contributed by atoms with Gasteiger partial charge in [0.05, 0.1) is 17.5 Å². The number of H-pyrrole nitrogens is 1. The fourth-order valence-electron chi connectivity index (χ4n) is 3.18. The molecular formula is C18H23FN4O. The molecule has 0 bridgehead atoms. The third-order valence-electron chi connectivity index (χ3n) is 4.60. The lowest BCUT2D eigenvalue weighted by atomic mass is 9.96. The maximum absolute atomic E-state index is 14.0. The molecule has 0 aliphatic carbocycles. The summed E-state index contributed by atoms with van der Waals surface area (Å²) >= 11 is 0. The molecule has 1 fully saturated rings. The normalized spacial score (nSPS) is 15.7. The number of benzene rings is 1. The van der Waals surface area contributed by atoms with Gasteiger partial charge in [-0.2, -0.15) is 5.10 Å². The Hall–Kier alpha value is -2.21. The van der Waals surface area contributed by atoms with Crippen LogP contribution in [0.4, 0.5) is 4.39 Å². The minimum Gasteiger partial charge on any atom is -0.339 e. The van der Waals surface area contributed by atoms with Gasteiger partial charge in [-0.3, -0.25) is 9.89 Å². The number of nitrogens with one attached hydrogen (secondary N) is 2. The molecule has 1 aromatic heterocycles. The summed E-state index contributed by atoms with van der Waals surface area (Å²) in [7, 11) is 0. The van der Waals surface area contributed by atoms with Crippen LogP contribution in [0.2, 0.25) is 0 Å². The smallest absolute Gasteiger partial charge is 0.257 e. The Balaban J connectivity index is 1.71. The third-order valence-corrected chi connectivity index (χ3v) is 4.60. The van der Waals surface area contributed by atoms with Crippen molar-refractivity contribution in [3.8, 4) is 11.3 Å². The van der Waals surface area contributed by atoms with Gasteiger partial charge in [-0.05, 0) is 44.0 Å². The summed E-state index contributed by atoms with van der Waals surface area (Å²) in [6, 6.07) is 6.42. The van der Waals surface area contributed by atoms with Gasteiger partial charge in [0.15, 0.2) is 0 Å². The van der Waals surface area contributed by atoms with Gasteiger partial charge in [0.25, 0.3) is 5.91 Å². The summed E-state index contributed by atoms with van der Waals surface area (Å²) in [6.07, 6.45) is 3.48. The molecule has 0 atom stereocenters. The van der Waals surface area contributed by atoms with Crippen molar-refractivity contribution in [1.82, 2.24) is 20.4 Å². The number of aromatic amines is 1. The van der Waals surface area contributed by atoms with Gasteiger partial charge in [-0.15, -0.1) is 0 Å². The van der Waals surface area contributed by atoms with E-state index < -0.39 is 0 Å². The van der Waals surface area contributed by atoms with Gasteiger partial charge >= 0.3 is 0 Å². The molecule has 1 aromatic carbocycles. The average Bonchev–Trinajstić information content (AvgIpc) is 3.09. The molecule has 2 heterocycles. The Morgan fingerprint density at radius 2 is 2.12 bits per heavy atom. The van der Waals surface area contributed by atoms with E-state index in [0.717, 1.165) is 39.0 Å². The average molecular weight is 330 g/mol. The first-order valence-electron chi connectivity index (χ1n) is 8.49. The summed E-state index contributed by atoms with van der Waals surface area (Å²) < 4.78 is 14.0. The van der Waals surface area contributed by atoms with Crippen LogP contribution >= 0.6 is 0 Å². The lowest BCUT2D eigenvalue weighted by molar-refractivity contribution is 0.0691. The molecule has 1 aliphatic rings. The van der Waals surface area contributed by atoms with Crippen molar-refractivity contribution in [1.29, 1.82) is 0 Å². The molecule has 3 rings (SSSR count). The topological polar surface area (TPSA) is 61.0 Å². The molecule has 1 aliphatic heterocycles. The second-order valence-electron chi connectivity index (χ2n) is 6.18. The van der Waals surface area contributed by atoms with Crippen molar-refractivity contribution >= 4 is 5.91 Å². The number of likely N-dealkylation sites (tertiary alicyclic amines) is 1. The van der Waals surface area contributed by atoms with E-state index >= 15 is 0 Å². The number of rotatable bonds is 5. The van der Waals surface area contributed by atoms with Crippen LogP contribution in [0.5, 0.6) is 0 Å². The largest absolute Gasteiger partial charge is 0.339 e. The third kappa shape index (κ3) is 3.48. The maximum Gasteiger partial charge on any atom is 0.257 e. The van der Waals surface area contributed by atoms with Gasteiger partial charge in [-0.1, -0.05) is 19.1 Å². The van der Waals surface area contributed by atoms with E-state index in [9.17, 15) is 9.18 Å². The van der Waals surface area contributed by atoms with E-state index in [1.54, 1.807) is 18.2 Å². The SMILES string of the molecule is CCNCC1CCN(C(=O)c2cn[nH]c2-c2ccccc2F)CC1. The minimum atomic E-state index is -0.361. The van der Waals surface area contributed by atoms with Crippen LogP contribution < -0.4 is 5.32 Å². The van der Waals surface area contributed by atoms with Crippen molar-refractivity contribution in [3.05, 3.63) is 41.8 Å². The number of nitrogens with zero attached hydrogens (tertiary/aromatic N) is 2. The van der Waals surface area contributed by atoms with E-state index in [1.165, 1.54) is 12.3 Å². The first-order chi connectivity index (χ1) is 11.7. The van der Waals surface area contributed by atoms with E-state index in [2.05, 4.69) is 22.4 Å². The van der Waals surface area contributed by atoms with Crippen LogP contribution in [0.25, 0.3) is 11.3 Å². The summed E-state index contributed by atoms with van der Waals surface area (Å²) in [4.78, 5) is 14.7. The summed E-state index contributed by atoms with van der Waals surface area (Å²) in [5, 5.41) is 10.1. The number of aromatic nitrogens is 2. The Morgan fingerprint density at radius 3 is 2.83 bits per heavy atom. The monoisotopic (exact) mass is 330 g/mol. The Morgan fingerprint density at radius 1 is 1.38 bits per heavy atom. The molecule has 128 valence electrons. The zero-order chi connectivity index (χ0) is 16.9. The molecule has 2 N–H and O–H groups in total. The first kappa shape index (κ1) is 16.6. The molecular weight excluding hydrogens is 307 g/mol. The lowest BCUT2D eigenvalue weighted by Gasteiger charge is -2.32. The van der Waals surface area contributed by atoms with Crippen molar-refractivity contribution in [2.45, 2.75) is 19.8 Å².